The molecule has 0 radical (unpaired) electrons. The van der Waals surface area contributed by atoms with Crippen molar-refractivity contribution in [3.05, 3.63) is 35.4 Å². The van der Waals surface area contributed by atoms with Crippen LogP contribution in [-0.4, -0.2) is 102 Å². The van der Waals surface area contributed by atoms with Crippen LogP contribution in [0, 0.1) is 5.92 Å². The highest BCUT2D eigenvalue weighted by Crippen LogP contribution is 2.45. The fourth-order valence-corrected chi connectivity index (χ4v) is 6.34. The zero-order valence-corrected chi connectivity index (χ0v) is 28.0. The summed E-state index contributed by atoms with van der Waals surface area (Å²) < 4.78 is 10.8. The van der Waals surface area contributed by atoms with Gasteiger partial charge in [-0.15, -0.1) is 10.2 Å². The van der Waals surface area contributed by atoms with E-state index in [9.17, 15) is 24.3 Å². The monoisotopic (exact) mass is 687 g/mol. The van der Waals surface area contributed by atoms with Crippen LogP contribution < -0.4 is 15.4 Å². The summed E-state index contributed by atoms with van der Waals surface area (Å²) in [4.78, 5) is 56.0. The van der Waals surface area contributed by atoms with Crippen molar-refractivity contribution in [1.82, 2.24) is 35.7 Å². The van der Waals surface area contributed by atoms with Crippen LogP contribution in [0.25, 0.3) is 11.4 Å². The van der Waals surface area contributed by atoms with Crippen molar-refractivity contribution in [2.45, 2.75) is 95.0 Å². The number of fused-ring (bicyclic) bond motifs is 2. The molecule has 15 nitrogen and oxygen atoms in total. The molecule has 5 rings (SSSR count). The Hall–Kier alpha value is -4.24. The van der Waals surface area contributed by atoms with Gasteiger partial charge in [0.1, 0.15) is 35.6 Å². The van der Waals surface area contributed by atoms with Gasteiger partial charge in [0.05, 0.1) is 17.7 Å². The summed E-state index contributed by atoms with van der Waals surface area (Å²) in [6.07, 6.45) is 6.66. The largest absolute Gasteiger partial charge is 0.490 e. The number of carbonyl (C=O) groups is 4. The number of hydrogen-bond donors (Lipinski definition) is 4. The number of rotatable bonds is 7. The van der Waals surface area contributed by atoms with E-state index >= 15 is 0 Å². The van der Waals surface area contributed by atoms with E-state index in [-0.39, 0.29) is 49.4 Å². The lowest BCUT2D eigenvalue weighted by Crippen LogP contribution is -2.56. The van der Waals surface area contributed by atoms with Crippen molar-refractivity contribution in [2.75, 3.05) is 19.8 Å². The lowest BCUT2D eigenvalue weighted by molar-refractivity contribution is -0.145. The highest BCUT2D eigenvalue weighted by molar-refractivity contribution is 6.32. The van der Waals surface area contributed by atoms with E-state index in [4.69, 9.17) is 26.2 Å². The second-order valence-corrected chi connectivity index (χ2v) is 13.8. The van der Waals surface area contributed by atoms with Crippen molar-refractivity contribution in [2.24, 2.45) is 5.92 Å². The van der Waals surface area contributed by atoms with E-state index in [1.54, 1.807) is 39.0 Å². The molecule has 0 bridgehead atoms. The van der Waals surface area contributed by atoms with Crippen LogP contribution in [0.5, 0.6) is 5.75 Å². The number of nitrogens with one attached hydrogen (secondary N) is 2. The second-order valence-electron chi connectivity index (χ2n) is 13.4. The summed E-state index contributed by atoms with van der Waals surface area (Å²) in [5, 5.41) is 37.8. The first-order chi connectivity index (χ1) is 22.8. The van der Waals surface area contributed by atoms with E-state index in [2.05, 4.69) is 26.0 Å². The second kappa shape index (κ2) is 14.5. The van der Waals surface area contributed by atoms with Gasteiger partial charge in [0, 0.05) is 24.4 Å². The Morgan fingerprint density at radius 3 is 2.71 bits per heavy atom. The van der Waals surface area contributed by atoms with Crippen molar-refractivity contribution in [3.63, 3.8) is 0 Å². The van der Waals surface area contributed by atoms with Crippen molar-refractivity contribution in [3.8, 4) is 17.1 Å². The summed E-state index contributed by atoms with van der Waals surface area (Å²) in [6, 6.07) is 2.27. The van der Waals surface area contributed by atoms with E-state index in [1.165, 1.54) is 9.70 Å². The first kappa shape index (κ1) is 35.1. The molecule has 3 aliphatic rings. The van der Waals surface area contributed by atoms with Gasteiger partial charge in [-0.3, -0.25) is 9.59 Å². The third-order valence-corrected chi connectivity index (χ3v) is 8.92. The molecule has 2 fully saturated rings. The van der Waals surface area contributed by atoms with Crippen LogP contribution in [0.3, 0.4) is 0 Å². The Morgan fingerprint density at radius 2 is 2.00 bits per heavy atom. The summed E-state index contributed by atoms with van der Waals surface area (Å²) in [5.41, 5.74) is -1.71. The van der Waals surface area contributed by atoms with Crippen LogP contribution in [0.15, 0.2) is 30.4 Å². The number of ether oxygens (including phenoxy) is 2. The Balaban J connectivity index is 1.42. The summed E-state index contributed by atoms with van der Waals surface area (Å²) in [6.45, 7) is 5.09. The number of aliphatic hydroxyl groups excluding tert-OH is 1. The number of benzene rings is 1. The standard InChI is InChI=1S/C32H42ClN7O8/c1-31(2,3)48-30(46)34-23-10-8-6-4-5-7-9-20-17-32(20,29(44)45)35-27(42)24-16-21(18-39(24)28(23)43)40-37-26(36-38-40)19-11-12-25(22(33)15-19)47-14-13-41/h7,9,11-12,15,20-21,23-24,41H,4-6,8,10,13-14,16-18H2,1-3H3,(H,34,46)(H,35,42)(H,44,45)/b9-7-/t20-,21+,23-,24-,32+/m0/s1. The predicted octanol–water partition coefficient (Wildman–Crippen LogP) is 2.88. The molecule has 16 heteroatoms. The van der Waals surface area contributed by atoms with Gasteiger partial charge in [0.15, 0.2) is 0 Å². The summed E-state index contributed by atoms with van der Waals surface area (Å²) in [7, 11) is 0. The van der Waals surface area contributed by atoms with E-state index in [0.29, 0.717) is 24.2 Å². The number of amides is 3. The smallest absolute Gasteiger partial charge is 0.408 e. The van der Waals surface area contributed by atoms with Crippen LogP contribution in [-0.2, 0) is 19.1 Å². The number of halogens is 1. The minimum absolute atomic E-state index is 0.0112. The van der Waals surface area contributed by atoms with Gasteiger partial charge in [-0.05, 0) is 69.9 Å². The fourth-order valence-electron chi connectivity index (χ4n) is 6.10. The molecule has 260 valence electrons. The highest BCUT2D eigenvalue weighted by Gasteiger charge is 2.61. The number of aliphatic hydroxyl groups is 1. The first-order valence-corrected chi connectivity index (χ1v) is 16.5. The third kappa shape index (κ3) is 8.06. The maximum Gasteiger partial charge on any atom is 0.408 e. The van der Waals surface area contributed by atoms with E-state index in [0.717, 1.165) is 19.3 Å². The zero-order valence-electron chi connectivity index (χ0n) is 27.2. The molecule has 3 amide bonds. The molecule has 0 unspecified atom stereocenters. The number of carboxylic acid groups (broad SMARTS) is 1. The van der Waals surface area contributed by atoms with Crippen molar-refractivity contribution < 1.29 is 38.9 Å². The Kier molecular flexibility index (Phi) is 10.6. The molecule has 1 aliphatic carbocycles. The number of nitrogens with zero attached hydrogens (tertiary/aromatic N) is 5. The minimum Gasteiger partial charge on any atom is -0.490 e. The van der Waals surface area contributed by atoms with E-state index in [1.807, 2.05) is 12.2 Å². The Labute approximate surface area is 283 Å². The summed E-state index contributed by atoms with van der Waals surface area (Å²) in [5.74, 6) is -1.97. The Bertz CT molecular complexity index is 1560. The quantitative estimate of drug-likeness (QED) is 0.312. The normalized spacial score (nSPS) is 27.1. The van der Waals surface area contributed by atoms with Crippen LogP contribution in [0.4, 0.5) is 4.79 Å². The lowest BCUT2D eigenvalue weighted by atomic mass is 10.0. The number of carbonyl (C=O) groups excluding carboxylic acids is 3. The van der Waals surface area contributed by atoms with Crippen LogP contribution in [0.1, 0.15) is 71.8 Å². The number of hydrogen-bond acceptors (Lipinski definition) is 10. The molecule has 4 N–H and O–H groups in total. The minimum atomic E-state index is -1.46. The number of allylic oxidation sites excluding steroid dienone is 1. The lowest BCUT2D eigenvalue weighted by Gasteiger charge is -2.30. The number of tetrazole rings is 1. The van der Waals surface area contributed by atoms with Crippen LogP contribution in [0.2, 0.25) is 5.02 Å². The van der Waals surface area contributed by atoms with Crippen molar-refractivity contribution >= 4 is 35.5 Å². The van der Waals surface area contributed by atoms with Gasteiger partial charge in [-0.2, -0.15) is 4.80 Å². The molecule has 1 aromatic carbocycles. The third-order valence-electron chi connectivity index (χ3n) is 8.62. The molecule has 5 atom stereocenters. The van der Waals surface area contributed by atoms with Gasteiger partial charge in [0.25, 0.3) is 0 Å². The van der Waals surface area contributed by atoms with Gasteiger partial charge >= 0.3 is 12.1 Å². The average molecular weight is 688 g/mol. The molecule has 48 heavy (non-hydrogen) atoms. The molecule has 3 heterocycles. The highest BCUT2D eigenvalue weighted by atomic mass is 35.5. The van der Waals surface area contributed by atoms with Crippen molar-refractivity contribution in [1.29, 1.82) is 0 Å². The van der Waals surface area contributed by atoms with Gasteiger partial charge in [-0.1, -0.05) is 36.6 Å². The molecule has 2 aliphatic heterocycles. The van der Waals surface area contributed by atoms with Gasteiger partial charge < -0.3 is 35.2 Å². The predicted molar refractivity (Wildman–Crippen MR) is 172 cm³/mol. The van der Waals surface area contributed by atoms with Gasteiger partial charge in [-0.25, -0.2) is 9.59 Å². The van der Waals surface area contributed by atoms with E-state index < -0.39 is 53.1 Å². The van der Waals surface area contributed by atoms with Crippen LogP contribution >= 0.6 is 11.6 Å². The van der Waals surface area contributed by atoms with Gasteiger partial charge in [0.2, 0.25) is 17.6 Å². The zero-order chi connectivity index (χ0) is 34.6. The molecule has 1 aromatic heterocycles. The SMILES string of the molecule is CC(C)(C)OC(=O)N[C@H]1CCCCC/C=C\[C@H]2C[C@@]2(C(=O)O)NC(=O)[C@@H]2C[C@@H](n3nnc(-c4ccc(OCCO)c(Cl)c4)n3)CN2C1=O. The number of alkyl carbamates (subject to hydrolysis) is 1. The maximum absolute atomic E-state index is 14.2. The average Bonchev–Trinajstić information content (AvgIpc) is 3.32. The molecular weight excluding hydrogens is 646 g/mol. The molecule has 0 spiro atoms. The molecule has 1 saturated heterocycles. The maximum atomic E-state index is 14.2. The topological polar surface area (TPSA) is 198 Å². The molecule has 2 aromatic rings. The number of aromatic nitrogens is 4. The summed E-state index contributed by atoms with van der Waals surface area (Å²) >= 11 is 6.34. The molecule has 1 saturated carbocycles. The Morgan fingerprint density at radius 1 is 1.21 bits per heavy atom. The number of carboxylic acids is 1. The first-order valence-electron chi connectivity index (χ1n) is 16.2. The fraction of sp³-hybridized carbons (Fsp3) is 0.594. The number of aliphatic carboxylic acids is 1. The molecular formula is C32H42ClN7O8.